The third kappa shape index (κ3) is 6.38. The van der Waals surface area contributed by atoms with Crippen molar-refractivity contribution in [2.24, 2.45) is 5.10 Å². The molecule has 0 atom stereocenters. The van der Waals surface area contributed by atoms with Crippen LogP contribution in [0.15, 0.2) is 93.4 Å². The molecule has 5 aromatic rings. The van der Waals surface area contributed by atoms with E-state index in [4.69, 9.17) is 9.47 Å². The molecule has 0 bridgehead atoms. The molecule has 0 aliphatic carbocycles. The van der Waals surface area contributed by atoms with Gasteiger partial charge >= 0.3 is 6.18 Å². The molecule has 0 saturated heterocycles. The van der Waals surface area contributed by atoms with Crippen molar-refractivity contribution in [3.05, 3.63) is 115 Å². The number of hydrogen-bond acceptors (Lipinski definition) is 8. The van der Waals surface area contributed by atoms with Crippen LogP contribution in [0.4, 0.5) is 18.9 Å². The molecule has 0 aliphatic rings. The molecule has 218 valence electrons. The Morgan fingerprint density at radius 3 is 2.58 bits per heavy atom. The molecule has 0 saturated carbocycles. The Bertz CT molecular complexity index is 1930. The summed E-state index contributed by atoms with van der Waals surface area (Å²) in [5, 5.41) is 15.5. The normalized spacial score (nSPS) is 11.7. The van der Waals surface area contributed by atoms with E-state index in [2.05, 4.69) is 31.0 Å². The van der Waals surface area contributed by atoms with Gasteiger partial charge in [0.1, 0.15) is 6.20 Å². The van der Waals surface area contributed by atoms with Gasteiger partial charge in [0.15, 0.2) is 17.3 Å². The van der Waals surface area contributed by atoms with Crippen molar-refractivity contribution in [3.63, 3.8) is 0 Å². The Morgan fingerprint density at radius 1 is 1.09 bits per heavy atom. The van der Waals surface area contributed by atoms with Crippen LogP contribution >= 0.6 is 15.9 Å². The van der Waals surface area contributed by atoms with Gasteiger partial charge in [0.05, 0.1) is 38.7 Å². The molecule has 0 unspecified atom stereocenters. The number of alkyl halides is 3. The van der Waals surface area contributed by atoms with Gasteiger partial charge in [-0.25, -0.2) is 9.97 Å². The first kappa shape index (κ1) is 29.4. The van der Waals surface area contributed by atoms with Gasteiger partial charge in [-0.2, -0.15) is 22.9 Å². The molecule has 14 heteroatoms. The fraction of sp³-hybridized carbons (Fsp3) is 0.103. The monoisotopic (exact) mass is 653 g/mol. The minimum Gasteiger partial charge on any atom is -0.490 e. The minimum atomic E-state index is -4.60. The Kier molecular flexibility index (Phi) is 8.21. The van der Waals surface area contributed by atoms with Gasteiger partial charge in [0.25, 0.3) is 11.2 Å². The molecule has 3 aromatic carbocycles. The molecule has 0 spiro atoms. The molecular formula is C29H19BrF3N5O5. The maximum atomic E-state index is 13.5. The van der Waals surface area contributed by atoms with Crippen molar-refractivity contribution >= 4 is 38.7 Å². The summed E-state index contributed by atoms with van der Waals surface area (Å²) in [6.45, 7) is 2.01. The lowest BCUT2D eigenvalue weighted by Crippen LogP contribution is -2.20. The molecule has 2 aromatic heterocycles. The average molecular weight is 654 g/mol. The van der Waals surface area contributed by atoms with E-state index in [0.717, 1.165) is 23.0 Å². The zero-order valence-corrected chi connectivity index (χ0v) is 23.7. The zero-order chi connectivity index (χ0) is 30.7. The maximum absolute atomic E-state index is 13.5. The van der Waals surface area contributed by atoms with Crippen LogP contribution in [0.3, 0.4) is 0 Å². The first-order chi connectivity index (χ1) is 20.5. The number of nitro groups is 1. The van der Waals surface area contributed by atoms with E-state index >= 15 is 0 Å². The summed E-state index contributed by atoms with van der Waals surface area (Å²) in [6, 6.07) is 16.7. The minimum absolute atomic E-state index is 0.0466. The summed E-state index contributed by atoms with van der Waals surface area (Å²) in [5.41, 5.74) is -0.895. The largest absolute Gasteiger partial charge is 0.490 e. The Labute approximate surface area is 249 Å². The lowest BCUT2D eigenvalue weighted by molar-refractivity contribution is -0.385. The summed E-state index contributed by atoms with van der Waals surface area (Å²) in [4.78, 5) is 32.2. The smallest absolute Gasteiger partial charge is 0.416 e. The molecule has 0 N–H and O–H groups in total. The van der Waals surface area contributed by atoms with Crippen LogP contribution in [0.25, 0.3) is 22.3 Å². The summed E-state index contributed by atoms with van der Waals surface area (Å²) in [7, 11) is 0. The maximum Gasteiger partial charge on any atom is 0.416 e. The number of halogens is 4. The van der Waals surface area contributed by atoms with Crippen molar-refractivity contribution in [2.75, 3.05) is 6.61 Å². The predicted octanol–water partition coefficient (Wildman–Crippen LogP) is 7.22. The number of para-hydroxylation sites is 1. The fourth-order valence-electron chi connectivity index (χ4n) is 4.05. The molecule has 5 rings (SSSR count). The SMILES string of the molecule is CCOc1cc(C=Nn2c(-c3cccc(C(F)(F)F)c3)nc3ccccc3c2=O)cc(Br)c1Oc1ccc([N+](=O)[O-])cn1. The molecule has 43 heavy (non-hydrogen) atoms. The lowest BCUT2D eigenvalue weighted by Gasteiger charge is -2.14. The predicted molar refractivity (Wildman–Crippen MR) is 156 cm³/mol. The van der Waals surface area contributed by atoms with E-state index in [1.807, 2.05) is 0 Å². The fourth-order valence-corrected chi connectivity index (χ4v) is 4.59. The number of fused-ring (bicyclic) bond motifs is 1. The van der Waals surface area contributed by atoms with E-state index in [1.54, 1.807) is 43.3 Å². The van der Waals surface area contributed by atoms with Crippen molar-refractivity contribution in [1.29, 1.82) is 0 Å². The van der Waals surface area contributed by atoms with Gasteiger partial charge < -0.3 is 9.47 Å². The standard InChI is InChI=1S/C29H19BrF3N5O5/c1-2-42-24-13-17(12-22(30)26(24)43-25-11-10-20(16-34-25)38(40)41)15-35-37-27(18-6-5-7-19(14-18)29(31,32)33)36-23-9-4-3-8-21(23)28(37)39/h3-16H,2H2,1H3. The van der Waals surface area contributed by atoms with Gasteiger partial charge in [0.2, 0.25) is 5.88 Å². The Balaban J connectivity index is 1.58. The Morgan fingerprint density at radius 2 is 1.88 bits per heavy atom. The van der Waals surface area contributed by atoms with Crippen LogP contribution in [0.5, 0.6) is 17.4 Å². The summed E-state index contributed by atoms with van der Waals surface area (Å²) in [5.74, 6) is 0.489. The molecule has 10 nitrogen and oxygen atoms in total. The van der Waals surface area contributed by atoms with Crippen LogP contribution in [0, 0.1) is 10.1 Å². The first-order valence-corrected chi connectivity index (χ1v) is 13.3. The van der Waals surface area contributed by atoms with Gasteiger partial charge in [-0.1, -0.05) is 24.3 Å². The van der Waals surface area contributed by atoms with Crippen LogP contribution < -0.4 is 15.0 Å². The van der Waals surface area contributed by atoms with E-state index < -0.39 is 22.2 Å². The highest BCUT2D eigenvalue weighted by Crippen LogP contribution is 2.39. The van der Waals surface area contributed by atoms with Gasteiger partial charge in [0, 0.05) is 17.7 Å². The highest BCUT2D eigenvalue weighted by molar-refractivity contribution is 9.10. The highest BCUT2D eigenvalue weighted by atomic mass is 79.9. The average Bonchev–Trinajstić information content (AvgIpc) is 2.98. The number of hydrogen-bond donors (Lipinski definition) is 0. The number of pyridine rings is 1. The number of nitrogens with zero attached hydrogens (tertiary/aromatic N) is 5. The van der Waals surface area contributed by atoms with E-state index in [1.165, 1.54) is 30.5 Å². The van der Waals surface area contributed by atoms with Gasteiger partial charge in [-0.15, -0.1) is 0 Å². The van der Waals surface area contributed by atoms with E-state index in [9.17, 15) is 28.1 Å². The highest BCUT2D eigenvalue weighted by Gasteiger charge is 2.31. The van der Waals surface area contributed by atoms with Crippen LogP contribution in [0.1, 0.15) is 18.1 Å². The second-order valence-electron chi connectivity index (χ2n) is 8.87. The Hall–Kier alpha value is -5.11. The van der Waals surface area contributed by atoms with E-state index in [0.29, 0.717) is 15.6 Å². The molecular weight excluding hydrogens is 635 g/mol. The number of rotatable bonds is 8. The first-order valence-electron chi connectivity index (χ1n) is 12.5. The van der Waals surface area contributed by atoms with Crippen molar-refractivity contribution in [3.8, 4) is 28.8 Å². The van der Waals surface area contributed by atoms with Crippen LogP contribution in [0.2, 0.25) is 0 Å². The van der Waals surface area contributed by atoms with Crippen molar-refractivity contribution in [2.45, 2.75) is 13.1 Å². The van der Waals surface area contributed by atoms with Crippen LogP contribution in [-0.2, 0) is 6.18 Å². The quantitative estimate of drug-likeness (QED) is 0.0984. The second kappa shape index (κ2) is 12.0. The lowest BCUT2D eigenvalue weighted by atomic mass is 10.1. The van der Waals surface area contributed by atoms with Crippen molar-refractivity contribution < 1.29 is 27.6 Å². The summed E-state index contributed by atoms with van der Waals surface area (Å²) < 4.78 is 53.3. The van der Waals surface area contributed by atoms with Gasteiger partial charge in [-0.05, 0) is 64.8 Å². The third-order valence-corrected chi connectivity index (χ3v) is 6.58. The number of aromatic nitrogens is 3. The molecule has 0 aliphatic heterocycles. The summed E-state index contributed by atoms with van der Waals surface area (Å²) in [6.07, 6.45) is -2.21. The van der Waals surface area contributed by atoms with Crippen molar-refractivity contribution in [1.82, 2.24) is 14.6 Å². The van der Waals surface area contributed by atoms with Gasteiger partial charge in [-0.3, -0.25) is 14.9 Å². The molecule has 0 radical (unpaired) electrons. The second-order valence-corrected chi connectivity index (χ2v) is 9.72. The van der Waals surface area contributed by atoms with E-state index in [-0.39, 0.29) is 46.4 Å². The molecule has 2 heterocycles. The topological polar surface area (TPSA) is 122 Å². The number of benzene rings is 3. The zero-order valence-electron chi connectivity index (χ0n) is 22.1. The molecule has 0 amide bonds. The summed E-state index contributed by atoms with van der Waals surface area (Å²) >= 11 is 3.42. The number of ether oxygens (including phenoxy) is 2. The third-order valence-electron chi connectivity index (χ3n) is 5.99. The van der Waals surface area contributed by atoms with Crippen LogP contribution in [-0.4, -0.2) is 32.4 Å². The molecule has 0 fully saturated rings.